The number of amides is 1. The van der Waals surface area contributed by atoms with Crippen molar-refractivity contribution in [2.45, 2.75) is 31.5 Å². The van der Waals surface area contributed by atoms with E-state index in [4.69, 9.17) is 11.6 Å². The van der Waals surface area contributed by atoms with Gasteiger partial charge in [0.25, 0.3) is 5.91 Å². The molecule has 3 aromatic heterocycles. The van der Waals surface area contributed by atoms with Crippen molar-refractivity contribution in [3.63, 3.8) is 0 Å². The van der Waals surface area contributed by atoms with Crippen LogP contribution in [-0.2, 0) is 0 Å². The Morgan fingerprint density at radius 1 is 1.26 bits per heavy atom. The van der Waals surface area contributed by atoms with Crippen LogP contribution in [0.3, 0.4) is 0 Å². The summed E-state index contributed by atoms with van der Waals surface area (Å²) in [5, 5.41) is 12.7. The van der Waals surface area contributed by atoms with Crippen molar-refractivity contribution in [3.8, 4) is 22.6 Å². The highest BCUT2D eigenvalue weighted by Crippen LogP contribution is 2.30. The van der Waals surface area contributed by atoms with Gasteiger partial charge in [-0.1, -0.05) is 17.7 Å². The Hall–Kier alpha value is -3.60. The summed E-state index contributed by atoms with van der Waals surface area (Å²) in [4.78, 5) is 21.2. The minimum absolute atomic E-state index is 0.203. The number of rotatable bonds is 7. The van der Waals surface area contributed by atoms with Crippen LogP contribution in [0, 0.1) is 0 Å². The number of carbonyl (C=O) groups is 1. The van der Waals surface area contributed by atoms with Crippen LogP contribution >= 0.6 is 11.6 Å². The zero-order valence-electron chi connectivity index (χ0n) is 17.7. The number of halogens is 4. The Morgan fingerprint density at radius 2 is 2.09 bits per heavy atom. The van der Waals surface area contributed by atoms with Gasteiger partial charge in [0, 0.05) is 30.5 Å². The van der Waals surface area contributed by atoms with E-state index in [2.05, 4.69) is 30.8 Å². The zero-order valence-corrected chi connectivity index (χ0v) is 18.4. The molecule has 3 N–H and O–H groups in total. The highest BCUT2D eigenvalue weighted by molar-refractivity contribution is 6.34. The van der Waals surface area contributed by atoms with Gasteiger partial charge in [0.05, 0.1) is 34.6 Å². The molecule has 3 heterocycles. The van der Waals surface area contributed by atoms with E-state index < -0.39 is 12.6 Å². The number of fused-ring (bicyclic) bond motifs is 1. The number of alkyl halides is 3. The molecule has 1 saturated carbocycles. The second-order valence-electron chi connectivity index (χ2n) is 8.02. The van der Waals surface area contributed by atoms with Gasteiger partial charge in [0.15, 0.2) is 11.5 Å². The second kappa shape index (κ2) is 8.64. The van der Waals surface area contributed by atoms with Crippen molar-refractivity contribution >= 4 is 29.0 Å². The molecular weight excluding hydrogens is 471 g/mol. The molecule has 0 aliphatic heterocycles. The highest BCUT2D eigenvalue weighted by atomic mass is 35.5. The van der Waals surface area contributed by atoms with E-state index in [0.29, 0.717) is 33.9 Å². The van der Waals surface area contributed by atoms with Crippen LogP contribution in [-0.4, -0.2) is 49.2 Å². The van der Waals surface area contributed by atoms with Crippen LogP contribution in [0.4, 0.5) is 19.0 Å². The van der Waals surface area contributed by atoms with Crippen LogP contribution in [0.15, 0.2) is 42.9 Å². The predicted octanol–water partition coefficient (Wildman–Crippen LogP) is 4.70. The van der Waals surface area contributed by atoms with Gasteiger partial charge in [-0.05, 0) is 31.0 Å². The molecule has 0 saturated heterocycles. The summed E-state index contributed by atoms with van der Waals surface area (Å²) in [5.41, 5.74) is 3.10. The summed E-state index contributed by atoms with van der Waals surface area (Å²) >= 11 is 6.42. The minimum Gasteiger partial charge on any atom is -0.367 e. The summed E-state index contributed by atoms with van der Waals surface area (Å²) < 4.78 is 39.7. The van der Waals surface area contributed by atoms with Crippen molar-refractivity contribution in [2.75, 3.05) is 11.9 Å². The smallest absolute Gasteiger partial charge is 0.367 e. The lowest BCUT2D eigenvalue weighted by Gasteiger charge is -2.12. The van der Waals surface area contributed by atoms with Crippen LogP contribution in [0.25, 0.3) is 28.3 Å². The number of nitrogens with one attached hydrogen (secondary N) is 3. The monoisotopic (exact) mass is 489 g/mol. The minimum atomic E-state index is -4.30. The number of H-pyrrole nitrogens is 1. The van der Waals surface area contributed by atoms with Gasteiger partial charge in [-0.15, -0.1) is 0 Å². The summed E-state index contributed by atoms with van der Waals surface area (Å²) in [6.07, 6.45) is 1.47. The van der Waals surface area contributed by atoms with Crippen LogP contribution in [0.2, 0.25) is 5.02 Å². The summed E-state index contributed by atoms with van der Waals surface area (Å²) in [6.45, 7) is -0.350. The fraction of sp³-hybridized carbons (Fsp3) is 0.273. The van der Waals surface area contributed by atoms with E-state index in [9.17, 15) is 18.0 Å². The number of aromatic nitrogens is 5. The molecule has 0 atom stereocenters. The second-order valence-corrected chi connectivity index (χ2v) is 8.42. The molecule has 1 aromatic carbocycles. The fourth-order valence-corrected chi connectivity index (χ4v) is 3.79. The SMILES string of the molecule is O=C(NC1CC1)c1ccc(-c2cnc3c(NCCC(F)(F)F)nc(-c4ccn[nH]4)cn23)cc1Cl. The third-order valence-electron chi connectivity index (χ3n) is 5.39. The Balaban J connectivity index is 1.52. The molecular formula is C22H19ClF3N7O. The number of nitrogens with zero attached hydrogens (tertiary/aromatic N) is 4. The molecule has 1 amide bonds. The standard InChI is InChI=1S/C22H19ClF3N7O/c23-15-9-12(1-4-14(15)21(34)30-13-2-3-13)18-10-28-20-19(27-8-6-22(24,25)26)31-17(11-33(18)20)16-5-7-29-32-16/h1,4-5,7,9-11,13H,2-3,6,8H2,(H,27,31)(H,29,32)(H,30,34). The average Bonchev–Trinajstić information content (AvgIpc) is 3.24. The van der Waals surface area contributed by atoms with Crippen molar-refractivity contribution in [3.05, 3.63) is 53.4 Å². The third kappa shape index (κ3) is 4.69. The molecule has 0 unspecified atom stereocenters. The molecule has 1 fully saturated rings. The maximum absolute atomic E-state index is 12.7. The van der Waals surface area contributed by atoms with Crippen LogP contribution < -0.4 is 10.6 Å². The maximum Gasteiger partial charge on any atom is 0.390 e. The summed E-state index contributed by atoms with van der Waals surface area (Å²) in [6, 6.07) is 6.98. The molecule has 34 heavy (non-hydrogen) atoms. The van der Waals surface area contributed by atoms with Gasteiger partial charge in [-0.3, -0.25) is 14.3 Å². The summed E-state index contributed by atoms with van der Waals surface area (Å²) in [7, 11) is 0. The van der Waals surface area contributed by atoms with Crippen molar-refractivity contribution < 1.29 is 18.0 Å². The Labute approximate surface area is 196 Å². The Kier molecular flexibility index (Phi) is 5.64. The molecule has 176 valence electrons. The molecule has 1 aliphatic rings. The first-order valence-corrected chi connectivity index (χ1v) is 11.0. The molecule has 1 aliphatic carbocycles. The molecule has 0 bridgehead atoms. The number of hydrogen-bond acceptors (Lipinski definition) is 5. The molecule has 5 rings (SSSR count). The number of anilines is 1. The number of imidazole rings is 1. The first-order valence-electron chi connectivity index (χ1n) is 10.6. The van der Waals surface area contributed by atoms with E-state index in [1.807, 2.05) is 0 Å². The first-order chi connectivity index (χ1) is 16.3. The molecule has 0 spiro atoms. The van der Waals surface area contributed by atoms with Gasteiger partial charge in [0.2, 0.25) is 0 Å². The molecule has 8 nitrogen and oxygen atoms in total. The van der Waals surface area contributed by atoms with E-state index in [1.54, 1.807) is 47.3 Å². The van der Waals surface area contributed by atoms with Crippen molar-refractivity contribution in [1.82, 2.24) is 29.9 Å². The number of aromatic amines is 1. The normalized spacial score (nSPS) is 13.9. The maximum atomic E-state index is 12.7. The Bertz CT molecular complexity index is 1350. The number of hydrogen-bond donors (Lipinski definition) is 3. The molecule has 12 heteroatoms. The Morgan fingerprint density at radius 3 is 2.76 bits per heavy atom. The van der Waals surface area contributed by atoms with Crippen LogP contribution in [0.5, 0.6) is 0 Å². The molecule has 0 radical (unpaired) electrons. The van der Waals surface area contributed by atoms with Gasteiger partial charge < -0.3 is 10.6 Å². The average molecular weight is 490 g/mol. The van der Waals surface area contributed by atoms with E-state index in [-0.39, 0.29) is 29.3 Å². The topological polar surface area (TPSA) is 100 Å². The molecule has 4 aromatic rings. The highest BCUT2D eigenvalue weighted by Gasteiger charge is 2.27. The zero-order chi connectivity index (χ0) is 23.9. The number of carbonyl (C=O) groups excluding carboxylic acids is 1. The fourth-order valence-electron chi connectivity index (χ4n) is 3.52. The first kappa shape index (κ1) is 22.2. The van der Waals surface area contributed by atoms with E-state index >= 15 is 0 Å². The van der Waals surface area contributed by atoms with Gasteiger partial charge in [-0.2, -0.15) is 18.3 Å². The lowest BCUT2D eigenvalue weighted by atomic mass is 10.1. The van der Waals surface area contributed by atoms with Gasteiger partial charge >= 0.3 is 6.18 Å². The van der Waals surface area contributed by atoms with E-state index in [0.717, 1.165) is 12.8 Å². The van der Waals surface area contributed by atoms with Crippen molar-refractivity contribution in [2.24, 2.45) is 0 Å². The number of benzene rings is 1. The lowest BCUT2D eigenvalue weighted by molar-refractivity contribution is -0.131. The van der Waals surface area contributed by atoms with Gasteiger partial charge in [-0.25, -0.2) is 9.97 Å². The third-order valence-corrected chi connectivity index (χ3v) is 5.70. The lowest BCUT2D eigenvalue weighted by Crippen LogP contribution is -2.25. The predicted molar refractivity (Wildman–Crippen MR) is 121 cm³/mol. The summed E-state index contributed by atoms with van der Waals surface area (Å²) in [5.74, 6) is -0.0202. The van der Waals surface area contributed by atoms with E-state index in [1.165, 1.54) is 0 Å². The van der Waals surface area contributed by atoms with Gasteiger partial charge in [0.1, 0.15) is 5.69 Å². The van der Waals surface area contributed by atoms with Crippen molar-refractivity contribution in [1.29, 1.82) is 0 Å². The quantitative estimate of drug-likeness (QED) is 0.349. The van der Waals surface area contributed by atoms with Crippen LogP contribution in [0.1, 0.15) is 29.6 Å². The largest absolute Gasteiger partial charge is 0.390 e.